The second kappa shape index (κ2) is 5.91. The van der Waals surface area contributed by atoms with Gasteiger partial charge in [0.15, 0.2) is 0 Å². The second-order valence-corrected chi connectivity index (χ2v) is 7.14. The minimum atomic E-state index is 0.750. The Labute approximate surface area is 118 Å². The molecule has 2 nitrogen and oxygen atoms in total. The van der Waals surface area contributed by atoms with E-state index in [1.54, 1.807) is 11.3 Å². The minimum absolute atomic E-state index is 0.750. The van der Waals surface area contributed by atoms with Gasteiger partial charge in [0, 0.05) is 12.6 Å². The molecule has 0 aromatic carbocycles. The first-order valence-electron chi connectivity index (χ1n) is 6.99. The molecular weight excluding hydrogens is 264 g/mol. The molecule has 2 aliphatic rings. The SMILES string of the molecule is Clc1sccc1CN1CCC(NCC2CC2)CC1. The van der Waals surface area contributed by atoms with Gasteiger partial charge in [-0.05, 0) is 68.2 Å². The molecule has 0 unspecified atom stereocenters. The number of nitrogens with zero attached hydrogens (tertiary/aromatic N) is 1. The molecule has 1 aromatic rings. The van der Waals surface area contributed by atoms with Gasteiger partial charge >= 0.3 is 0 Å². The normalized spacial score (nSPS) is 22.5. The molecule has 0 amide bonds. The van der Waals surface area contributed by atoms with Crippen LogP contribution in [0, 0.1) is 5.92 Å². The molecule has 2 heterocycles. The van der Waals surface area contributed by atoms with Gasteiger partial charge in [0.25, 0.3) is 0 Å². The van der Waals surface area contributed by atoms with Gasteiger partial charge in [-0.1, -0.05) is 11.6 Å². The Morgan fingerprint density at radius 2 is 2.06 bits per heavy atom. The first-order chi connectivity index (χ1) is 8.81. The van der Waals surface area contributed by atoms with Crippen molar-refractivity contribution in [1.82, 2.24) is 10.2 Å². The van der Waals surface area contributed by atoms with Crippen molar-refractivity contribution in [2.24, 2.45) is 5.92 Å². The lowest BCUT2D eigenvalue weighted by Crippen LogP contribution is -2.42. The Morgan fingerprint density at radius 1 is 1.28 bits per heavy atom. The van der Waals surface area contributed by atoms with Gasteiger partial charge in [-0.2, -0.15) is 0 Å². The summed E-state index contributed by atoms with van der Waals surface area (Å²) in [6, 6.07) is 2.91. The Balaban J connectivity index is 1.40. The Morgan fingerprint density at radius 3 is 2.67 bits per heavy atom. The van der Waals surface area contributed by atoms with E-state index in [1.807, 2.05) is 0 Å². The lowest BCUT2D eigenvalue weighted by molar-refractivity contribution is 0.190. The first kappa shape index (κ1) is 12.9. The lowest BCUT2D eigenvalue weighted by Gasteiger charge is -2.32. The van der Waals surface area contributed by atoms with Crippen molar-refractivity contribution < 1.29 is 0 Å². The summed E-state index contributed by atoms with van der Waals surface area (Å²) in [5, 5.41) is 5.81. The van der Waals surface area contributed by atoms with Crippen LogP contribution in [0.25, 0.3) is 0 Å². The summed E-state index contributed by atoms with van der Waals surface area (Å²) in [6.07, 6.45) is 5.47. The second-order valence-electron chi connectivity index (χ2n) is 5.62. The summed E-state index contributed by atoms with van der Waals surface area (Å²) in [5.74, 6) is 0.993. The fourth-order valence-electron chi connectivity index (χ4n) is 2.62. The zero-order valence-electron chi connectivity index (χ0n) is 10.7. The minimum Gasteiger partial charge on any atom is -0.314 e. The van der Waals surface area contributed by atoms with Crippen molar-refractivity contribution in [3.8, 4) is 0 Å². The van der Waals surface area contributed by atoms with Crippen LogP contribution in [-0.4, -0.2) is 30.6 Å². The first-order valence-corrected chi connectivity index (χ1v) is 8.24. The van der Waals surface area contributed by atoms with Crippen LogP contribution in [0.5, 0.6) is 0 Å². The average Bonchev–Trinajstić information content (AvgIpc) is 3.13. The number of likely N-dealkylation sites (tertiary alicyclic amines) is 1. The largest absolute Gasteiger partial charge is 0.314 e. The van der Waals surface area contributed by atoms with Gasteiger partial charge in [-0.25, -0.2) is 0 Å². The Kier molecular flexibility index (Phi) is 4.24. The molecule has 3 rings (SSSR count). The van der Waals surface area contributed by atoms with Crippen LogP contribution in [0.3, 0.4) is 0 Å². The standard InChI is InChI=1S/C14H21ClN2S/c15-14-12(5-8-18-14)10-17-6-3-13(4-7-17)16-9-11-1-2-11/h5,8,11,13,16H,1-4,6-7,9-10H2. The summed E-state index contributed by atoms with van der Waals surface area (Å²) < 4.78 is 0.962. The molecule has 100 valence electrons. The Bertz CT molecular complexity index is 381. The van der Waals surface area contributed by atoms with Crippen molar-refractivity contribution in [2.75, 3.05) is 19.6 Å². The van der Waals surface area contributed by atoms with E-state index in [1.165, 1.54) is 50.9 Å². The highest BCUT2D eigenvalue weighted by Gasteiger charge is 2.24. The molecule has 0 atom stereocenters. The van der Waals surface area contributed by atoms with E-state index in [4.69, 9.17) is 11.6 Å². The van der Waals surface area contributed by atoms with E-state index in [9.17, 15) is 0 Å². The van der Waals surface area contributed by atoms with Crippen molar-refractivity contribution in [2.45, 2.75) is 38.3 Å². The van der Waals surface area contributed by atoms with Crippen LogP contribution >= 0.6 is 22.9 Å². The third-order valence-corrected chi connectivity index (χ3v) is 5.32. The highest BCUT2D eigenvalue weighted by Crippen LogP contribution is 2.28. The number of hydrogen-bond acceptors (Lipinski definition) is 3. The summed E-state index contributed by atoms with van der Waals surface area (Å²) in [5.41, 5.74) is 1.30. The summed E-state index contributed by atoms with van der Waals surface area (Å²) >= 11 is 7.80. The fraction of sp³-hybridized carbons (Fsp3) is 0.714. The number of rotatable bonds is 5. The molecule has 1 aliphatic heterocycles. The highest BCUT2D eigenvalue weighted by atomic mass is 35.5. The van der Waals surface area contributed by atoms with E-state index in [2.05, 4.69) is 21.7 Å². The van der Waals surface area contributed by atoms with Gasteiger partial charge in [-0.3, -0.25) is 4.90 Å². The van der Waals surface area contributed by atoms with Gasteiger partial charge in [-0.15, -0.1) is 11.3 Å². The summed E-state index contributed by atoms with van der Waals surface area (Å²) in [7, 11) is 0. The lowest BCUT2D eigenvalue weighted by atomic mass is 10.0. The number of halogens is 1. The molecule has 4 heteroatoms. The van der Waals surface area contributed by atoms with E-state index in [0.29, 0.717) is 0 Å². The van der Waals surface area contributed by atoms with Crippen molar-refractivity contribution in [3.05, 3.63) is 21.3 Å². The zero-order valence-corrected chi connectivity index (χ0v) is 12.3. The van der Waals surface area contributed by atoms with Crippen LogP contribution < -0.4 is 5.32 Å². The summed E-state index contributed by atoms with van der Waals surface area (Å²) in [6.45, 7) is 4.68. The number of nitrogens with one attached hydrogen (secondary N) is 1. The topological polar surface area (TPSA) is 15.3 Å². The van der Waals surface area contributed by atoms with Crippen LogP contribution in [0.4, 0.5) is 0 Å². The quantitative estimate of drug-likeness (QED) is 0.892. The van der Waals surface area contributed by atoms with E-state index in [-0.39, 0.29) is 0 Å². The number of hydrogen-bond donors (Lipinski definition) is 1. The van der Waals surface area contributed by atoms with Crippen molar-refractivity contribution >= 4 is 22.9 Å². The molecule has 1 saturated heterocycles. The number of thiophene rings is 1. The number of piperidine rings is 1. The monoisotopic (exact) mass is 284 g/mol. The van der Waals surface area contributed by atoms with E-state index < -0.39 is 0 Å². The predicted octanol–water partition coefficient (Wildman–Crippen LogP) is 3.37. The molecule has 0 radical (unpaired) electrons. The third-order valence-electron chi connectivity index (χ3n) is 4.07. The van der Waals surface area contributed by atoms with Crippen LogP contribution in [0.1, 0.15) is 31.2 Å². The fourth-order valence-corrected chi connectivity index (χ4v) is 3.54. The molecule has 1 aliphatic carbocycles. The van der Waals surface area contributed by atoms with Crippen LogP contribution in [0.2, 0.25) is 4.34 Å². The summed E-state index contributed by atoms with van der Waals surface area (Å²) in [4.78, 5) is 2.53. The molecular formula is C14H21ClN2S. The molecule has 1 saturated carbocycles. The molecule has 0 bridgehead atoms. The Hall–Kier alpha value is -0.0900. The highest BCUT2D eigenvalue weighted by molar-refractivity contribution is 7.14. The molecule has 1 N–H and O–H groups in total. The zero-order chi connectivity index (χ0) is 12.4. The predicted molar refractivity (Wildman–Crippen MR) is 78.4 cm³/mol. The van der Waals surface area contributed by atoms with Crippen molar-refractivity contribution in [3.63, 3.8) is 0 Å². The van der Waals surface area contributed by atoms with Crippen LogP contribution in [-0.2, 0) is 6.54 Å². The molecule has 2 fully saturated rings. The molecule has 1 aromatic heterocycles. The molecule has 18 heavy (non-hydrogen) atoms. The molecule has 0 spiro atoms. The van der Waals surface area contributed by atoms with E-state index >= 15 is 0 Å². The average molecular weight is 285 g/mol. The van der Waals surface area contributed by atoms with Crippen molar-refractivity contribution in [1.29, 1.82) is 0 Å². The smallest absolute Gasteiger partial charge is 0.0973 e. The maximum absolute atomic E-state index is 6.16. The van der Waals surface area contributed by atoms with Gasteiger partial charge in [0.2, 0.25) is 0 Å². The van der Waals surface area contributed by atoms with Gasteiger partial charge in [0.05, 0.1) is 4.34 Å². The maximum Gasteiger partial charge on any atom is 0.0973 e. The maximum atomic E-state index is 6.16. The van der Waals surface area contributed by atoms with Gasteiger partial charge in [0.1, 0.15) is 0 Å². The van der Waals surface area contributed by atoms with E-state index in [0.717, 1.165) is 22.8 Å². The third kappa shape index (κ3) is 3.47. The van der Waals surface area contributed by atoms with Crippen LogP contribution in [0.15, 0.2) is 11.4 Å². The van der Waals surface area contributed by atoms with Gasteiger partial charge < -0.3 is 5.32 Å².